The maximum Gasteiger partial charge on any atom is 0.272 e. The van der Waals surface area contributed by atoms with Crippen LogP contribution in [0.3, 0.4) is 0 Å². The summed E-state index contributed by atoms with van der Waals surface area (Å²) < 4.78 is 0. The Morgan fingerprint density at radius 2 is 1.78 bits per heavy atom. The van der Waals surface area contributed by atoms with Crippen LogP contribution >= 0.6 is 34.4 Å². The molecule has 0 bridgehead atoms. The second-order valence-electron chi connectivity index (χ2n) is 7.92. The van der Waals surface area contributed by atoms with Gasteiger partial charge >= 0.3 is 0 Å². The van der Waals surface area contributed by atoms with Gasteiger partial charge in [0.2, 0.25) is 5.91 Å². The van der Waals surface area contributed by atoms with Crippen molar-refractivity contribution >= 4 is 69.1 Å². The number of anilines is 2. The van der Waals surface area contributed by atoms with Crippen LogP contribution < -0.4 is 16.0 Å². The van der Waals surface area contributed by atoms with Gasteiger partial charge < -0.3 is 16.0 Å². The van der Waals surface area contributed by atoms with Gasteiger partial charge in [0, 0.05) is 26.4 Å². The van der Waals surface area contributed by atoms with E-state index in [2.05, 4.69) is 20.9 Å². The largest absolute Gasteiger partial charge is 0.321 e. The second kappa shape index (κ2) is 12.5. The molecule has 7 nitrogen and oxygen atoms in total. The molecule has 0 saturated carbocycles. The Kier molecular flexibility index (Phi) is 8.89. The van der Waals surface area contributed by atoms with E-state index in [1.807, 2.05) is 48.9 Å². The van der Waals surface area contributed by atoms with Crippen LogP contribution in [-0.4, -0.2) is 28.0 Å². The summed E-state index contributed by atoms with van der Waals surface area (Å²) in [6.45, 7) is 3.69. The molecule has 0 aliphatic rings. The minimum absolute atomic E-state index is 0.126. The third-order valence-electron chi connectivity index (χ3n) is 4.98. The van der Waals surface area contributed by atoms with Crippen molar-refractivity contribution < 1.29 is 14.4 Å². The zero-order valence-corrected chi connectivity index (χ0v) is 22.5. The molecule has 1 atom stereocenters. The molecule has 0 aliphatic heterocycles. The lowest BCUT2D eigenvalue weighted by atomic mass is 10.2. The number of aryl methyl sites for hydroxylation is 1. The first-order valence-corrected chi connectivity index (χ1v) is 13.9. The van der Waals surface area contributed by atoms with Gasteiger partial charge in [-0.2, -0.15) is 0 Å². The fourth-order valence-electron chi connectivity index (χ4n) is 3.18. The summed E-state index contributed by atoms with van der Waals surface area (Å²) in [6.07, 6.45) is 1.65. The molecule has 0 radical (unpaired) electrons. The molecule has 0 aliphatic carbocycles. The summed E-state index contributed by atoms with van der Waals surface area (Å²) in [5.41, 5.74) is 1.98. The number of carbonyl (C=O) groups is 3. The molecule has 2 aromatic carbocycles. The Morgan fingerprint density at radius 1 is 0.973 bits per heavy atom. The number of thiazole rings is 1. The maximum absolute atomic E-state index is 13.2. The van der Waals surface area contributed by atoms with Crippen LogP contribution in [0.25, 0.3) is 6.08 Å². The van der Waals surface area contributed by atoms with E-state index in [4.69, 9.17) is 0 Å². The summed E-state index contributed by atoms with van der Waals surface area (Å²) in [5.74, 6) is -0.985. The Balaban J connectivity index is 1.44. The predicted molar refractivity (Wildman–Crippen MR) is 152 cm³/mol. The van der Waals surface area contributed by atoms with Crippen molar-refractivity contribution in [2.24, 2.45) is 0 Å². The average molecular weight is 549 g/mol. The number of nitrogens with one attached hydrogen (secondary N) is 3. The number of rotatable bonds is 9. The van der Waals surface area contributed by atoms with E-state index in [1.165, 1.54) is 34.4 Å². The quantitative estimate of drug-likeness (QED) is 0.175. The van der Waals surface area contributed by atoms with Gasteiger partial charge in [-0.1, -0.05) is 30.3 Å². The van der Waals surface area contributed by atoms with E-state index >= 15 is 0 Å². The molecule has 3 amide bonds. The molecule has 37 heavy (non-hydrogen) atoms. The van der Waals surface area contributed by atoms with Crippen molar-refractivity contribution in [3.8, 4) is 0 Å². The highest BCUT2D eigenvalue weighted by Crippen LogP contribution is 2.27. The standard InChI is InChI=1S/C27H24N4O3S3/c1-17-16-36-27(28-17)31-24(32)18(2)37-22-11-6-10-20(14-22)29-26(34)23(15-21-12-7-13-35-21)30-25(33)19-8-4-3-5-9-19/h3-16,18H,1-2H3,(H,29,34)(H,30,33)(H,28,31,32)/b23-15-. The monoisotopic (exact) mass is 548 g/mol. The van der Waals surface area contributed by atoms with Gasteiger partial charge in [0.15, 0.2) is 5.13 Å². The smallest absolute Gasteiger partial charge is 0.272 e. The lowest BCUT2D eigenvalue weighted by Gasteiger charge is -2.13. The normalized spacial score (nSPS) is 12.0. The molecule has 0 saturated heterocycles. The fraction of sp³-hybridized carbons (Fsp3) is 0.111. The molecule has 4 aromatic rings. The zero-order chi connectivity index (χ0) is 26.2. The minimum Gasteiger partial charge on any atom is -0.321 e. The van der Waals surface area contributed by atoms with Crippen LogP contribution in [0.4, 0.5) is 10.8 Å². The molecule has 188 valence electrons. The number of thioether (sulfide) groups is 1. The van der Waals surface area contributed by atoms with Crippen molar-refractivity contribution in [3.63, 3.8) is 0 Å². The molecule has 1 unspecified atom stereocenters. The van der Waals surface area contributed by atoms with Gasteiger partial charge in [-0.3, -0.25) is 14.4 Å². The van der Waals surface area contributed by atoms with E-state index in [-0.39, 0.29) is 22.8 Å². The zero-order valence-electron chi connectivity index (χ0n) is 20.1. The number of hydrogen-bond donors (Lipinski definition) is 3. The van der Waals surface area contributed by atoms with E-state index < -0.39 is 5.91 Å². The van der Waals surface area contributed by atoms with Crippen LogP contribution in [0.5, 0.6) is 0 Å². The van der Waals surface area contributed by atoms with Crippen LogP contribution in [0.15, 0.2) is 88.1 Å². The fourth-order valence-corrected chi connectivity index (χ4v) is 5.45. The van der Waals surface area contributed by atoms with Crippen molar-refractivity contribution in [2.75, 3.05) is 10.6 Å². The third-order valence-corrected chi connectivity index (χ3v) is 7.77. The summed E-state index contributed by atoms with van der Waals surface area (Å²) in [7, 11) is 0. The number of nitrogens with zero attached hydrogens (tertiary/aromatic N) is 1. The first-order valence-electron chi connectivity index (χ1n) is 11.3. The first-order chi connectivity index (χ1) is 17.9. The molecule has 2 heterocycles. The Labute approximate surface area is 227 Å². The van der Waals surface area contributed by atoms with Gasteiger partial charge in [0.25, 0.3) is 11.8 Å². The van der Waals surface area contributed by atoms with Crippen LogP contribution in [0, 0.1) is 6.92 Å². The van der Waals surface area contributed by atoms with Crippen molar-refractivity contribution in [1.82, 2.24) is 10.3 Å². The Morgan fingerprint density at radius 3 is 2.49 bits per heavy atom. The van der Waals surface area contributed by atoms with E-state index in [1.54, 1.807) is 48.5 Å². The maximum atomic E-state index is 13.2. The van der Waals surface area contributed by atoms with Crippen LogP contribution in [0.1, 0.15) is 27.9 Å². The first kappa shape index (κ1) is 26.3. The molecule has 10 heteroatoms. The summed E-state index contributed by atoms with van der Waals surface area (Å²) in [5, 5.41) is 12.4. The summed E-state index contributed by atoms with van der Waals surface area (Å²) >= 11 is 4.21. The SMILES string of the molecule is Cc1csc(NC(=O)C(C)Sc2cccc(NC(=O)/C(=C/c3cccs3)NC(=O)c3ccccc3)c2)n1. The molecular weight excluding hydrogens is 525 g/mol. The molecule has 0 fully saturated rings. The highest BCUT2D eigenvalue weighted by Gasteiger charge is 2.18. The Hall–Kier alpha value is -3.73. The van der Waals surface area contributed by atoms with Gasteiger partial charge in [-0.25, -0.2) is 4.98 Å². The topological polar surface area (TPSA) is 100 Å². The van der Waals surface area contributed by atoms with Crippen LogP contribution in [0.2, 0.25) is 0 Å². The highest BCUT2D eigenvalue weighted by atomic mass is 32.2. The third kappa shape index (κ3) is 7.63. The van der Waals surface area contributed by atoms with E-state index in [0.29, 0.717) is 16.4 Å². The van der Waals surface area contributed by atoms with Gasteiger partial charge in [-0.15, -0.1) is 34.4 Å². The molecule has 4 rings (SSSR count). The number of thiophene rings is 1. The lowest BCUT2D eigenvalue weighted by molar-refractivity contribution is -0.115. The molecule has 3 N–H and O–H groups in total. The molecular formula is C27H24N4O3S3. The van der Waals surface area contributed by atoms with Crippen molar-refractivity contribution in [1.29, 1.82) is 0 Å². The lowest BCUT2D eigenvalue weighted by Crippen LogP contribution is -2.30. The number of benzene rings is 2. The van der Waals surface area contributed by atoms with Crippen molar-refractivity contribution in [2.45, 2.75) is 24.0 Å². The summed E-state index contributed by atoms with van der Waals surface area (Å²) in [4.78, 5) is 44.4. The number of aromatic nitrogens is 1. The molecule has 2 aromatic heterocycles. The van der Waals surface area contributed by atoms with Gasteiger partial charge in [0.05, 0.1) is 10.9 Å². The van der Waals surface area contributed by atoms with Gasteiger partial charge in [0.1, 0.15) is 5.70 Å². The van der Waals surface area contributed by atoms with E-state index in [0.717, 1.165) is 15.5 Å². The highest BCUT2D eigenvalue weighted by molar-refractivity contribution is 8.00. The number of hydrogen-bond acceptors (Lipinski definition) is 7. The second-order valence-corrected chi connectivity index (χ2v) is 11.2. The van der Waals surface area contributed by atoms with Gasteiger partial charge in [-0.05, 0) is 61.7 Å². The molecule has 0 spiro atoms. The van der Waals surface area contributed by atoms with Crippen LogP contribution in [-0.2, 0) is 9.59 Å². The number of amides is 3. The Bertz CT molecular complexity index is 1420. The minimum atomic E-state index is -0.454. The van der Waals surface area contributed by atoms with Crippen molar-refractivity contribution in [3.05, 3.63) is 99.3 Å². The number of carbonyl (C=O) groups excluding carboxylic acids is 3. The summed E-state index contributed by atoms with van der Waals surface area (Å²) in [6, 6.07) is 19.7. The predicted octanol–water partition coefficient (Wildman–Crippen LogP) is 6.04. The van der Waals surface area contributed by atoms with E-state index in [9.17, 15) is 14.4 Å². The average Bonchev–Trinajstić information content (AvgIpc) is 3.55.